The molecule has 5 heteroatoms. The first-order valence-corrected chi connectivity index (χ1v) is 8.05. The van der Waals surface area contributed by atoms with Crippen molar-refractivity contribution in [3.63, 3.8) is 0 Å². The van der Waals surface area contributed by atoms with Crippen molar-refractivity contribution in [2.75, 3.05) is 11.9 Å². The van der Waals surface area contributed by atoms with Gasteiger partial charge in [0.15, 0.2) is 0 Å². The number of likely N-dealkylation sites (tertiary alicyclic amines) is 1. The highest BCUT2D eigenvalue weighted by atomic mass is 16.2. The summed E-state index contributed by atoms with van der Waals surface area (Å²) in [6, 6.07) is 7.92. The molecule has 1 aliphatic carbocycles. The average Bonchev–Trinajstić information content (AvgIpc) is 3.10. The molecular weight excluding hydrogens is 278 g/mol. The monoisotopic (exact) mass is 301 g/mol. The molecule has 2 aliphatic rings. The summed E-state index contributed by atoms with van der Waals surface area (Å²) >= 11 is 0. The van der Waals surface area contributed by atoms with Gasteiger partial charge in [-0.05, 0) is 43.4 Å². The van der Waals surface area contributed by atoms with E-state index < -0.39 is 0 Å². The number of hydrogen-bond donors (Lipinski definition) is 2. The molecule has 3 N–H and O–H groups in total. The van der Waals surface area contributed by atoms with E-state index in [-0.39, 0.29) is 23.8 Å². The Labute approximate surface area is 130 Å². The van der Waals surface area contributed by atoms with Crippen LogP contribution < -0.4 is 11.1 Å². The molecule has 2 amide bonds. The van der Waals surface area contributed by atoms with Gasteiger partial charge >= 0.3 is 0 Å². The Morgan fingerprint density at radius 2 is 2.05 bits per heavy atom. The molecule has 3 rings (SSSR count). The Balaban J connectivity index is 1.55. The molecule has 0 aromatic heterocycles. The lowest BCUT2D eigenvalue weighted by Crippen LogP contribution is -2.24. The van der Waals surface area contributed by atoms with Crippen molar-refractivity contribution in [3.05, 3.63) is 29.8 Å². The molecule has 1 aromatic rings. The average molecular weight is 301 g/mol. The van der Waals surface area contributed by atoms with Crippen molar-refractivity contribution in [2.45, 2.75) is 44.7 Å². The topological polar surface area (TPSA) is 75.4 Å². The quantitative estimate of drug-likeness (QED) is 0.891. The zero-order chi connectivity index (χ0) is 15.5. The predicted octanol–water partition coefficient (Wildman–Crippen LogP) is 1.87. The number of anilines is 1. The highest BCUT2D eigenvalue weighted by molar-refractivity contribution is 5.92. The molecule has 2 fully saturated rings. The molecule has 1 heterocycles. The molecule has 118 valence electrons. The number of nitrogens with one attached hydrogen (secondary N) is 1. The smallest absolute Gasteiger partial charge is 0.227 e. The lowest BCUT2D eigenvalue weighted by Gasteiger charge is -2.16. The molecule has 1 saturated carbocycles. The summed E-state index contributed by atoms with van der Waals surface area (Å²) in [7, 11) is 0. The van der Waals surface area contributed by atoms with Gasteiger partial charge < -0.3 is 16.0 Å². The second-order valence-electron chi connectivity index (χ2n) is 6.38. The van der Waals surface area contributed by atoms with Crippen LogP contribution in [0.3, 0.4) is 0 Å². The SMILES string of the molecule is NC1CCC(C(=O)Nc2ccc(CN3CCCC3=O)cc2)C1. The van der Waals surface area contributed by atoms with Gasteiger partial charge in [0.25, 0.3) is 0 Å². The zero-order valence-electron chi connectivity index (χ0n) is 12.8. The highest BCUT2D eigenvalue weighted by Gasteiger charge is 2.27. The van der Waals surface area contributed by atoms with Crippen molar-refractivity contribution < 1.29 is 9.59 Å². The van der Waals surface area contributed by atoms with Crippen molar-refractivity contribution >= 4 is 17.5 Å². The Morgan fingerprint density at radius 3 is 2.64 bits per heavy atom. The molecule has 2 atom stereocenters. The first-order chi connectivity index (χ1) is 10.6. The molecule has 22 heavy (non-hydrogen) atoms. The minimum atomic E-state index is 0.0388. The normalized spacial score (nSPS) is 24.8. The van der Waals surface area contributed by atoms with Gasteiger partial charge in [0.05, 0.1) is 0 Å². The first-order valence-electron chi connectivity index (χ1n) is 8.05. The summed E-state index contributed by atoms with van der Waals surface area (Å²) in [5.74, 6) is 0.335. The fourth-order valence-electron chi connectivity index (χ4n) is 3.28. The summed E-state index contributed by atoms with van der Waals surface area (Å²) in [6.45, 7) is 1.50. The van der Waals surface area contributed by atoms with Gasteiger partial charge in [-0.3, -0.25) is 9.59 Å². The molecule has 0 radical (unpaired) electrons. The van der Waals surface area contributed by atoms with E-state index in [9.17, 15) is 9.59 Å². The second-order valence-corrected chi connectivity index (χ2v) is 6.38. The van der Waals surface area contributed by atoms with Crippen LogP contribution in [0.15, 0.2) is 24.3 Å². The van der Waals surface area contributed by atoms with Crippen LogP contribution in [-0.2, 0) is 16.1 Å². The Bertz CT molecular complexity index is 556. The number of hydrogen-bond acceptors (Lipinski definition) is 3. The van der Waals surface area contributed by atoms with Crippen LogP contribution in [0.4, 0.5) is 5.69 Å². The number of carbonyl (C=O) groups excluding carboxylic acids is 2. The third-order valence-corrected chi connectivity index (χ3v) is 4.61. The minimum Gasteiger partial charge on any atom is -0.338 e. The first kappa shape index (κ1) is 15.0. The van der Waals surface area contributed by atoms with Crippen LogP contribution in [0.5, 0.6) is 0 Å². The van der Waals surface area contributed by atoms with E-state index in [4.69, 9.17) is 5.73 Å². The van der Waals surface area contributed by atoms with Crippen LogP contribution in [-0.4, -0.2) is 29.3 Å². The van der Waals surface area contributed by atoms with Crippen molar-refractivity contribution in [1.82, 2.24) is 4.90 Å². The van der Waals surface area contributed by atoms with Gasteiger partial charge in [0, 0.05) is 37.2 Å². The Morgan fingerprint density at radius 1 is 1.27 bits per heavy atom. The van der Waals surface area contributed by atoms with Crippen LogP contribution >= 0.6 is 0 Å². The van der Waals surface area contributed by atoms with Crippen LogP contribution in [0.25, 0.3) is 0 Å². The fourth-order valence-corrected chi connectivity index (χ4v) is 3.28. The van der Waals surface area contributed by atoms with Gasteiger partial charge in [-0.25, -0.2) is 0 Å². The highest BCUT2D eigenvalue weighted by Crippen LogP contribution is 2.25. The third-order valence-electron chi connectivity index (χ3n) is 4.61. The van der Waals surface area contributed by atoms with E-state index in [0.717, 1.165) is 43.5 Å². The lowest BCUT2D eigenvalue weighted by atomic mass is 10.1. The maximum atomic E-state index is 12.1. The number of benzene rings is 1. The standard InChI is InChI=1S/C17H23N3O2/c18-14-6-5-13(10-14)17(22)19-15-7-3-12(4-8-15)11-20-9-1-2-16(20)21/h3-4,7-8,13-14H,1-2,5-6,9-11,18H2,(H,19,22). The van der Waals surface area contributed by atoms with E-state index in [1.54, 1.807) is 0 Å². The molecule has 1 saturated heterocycles. The van der Waals surface area contributed by atoms with Gasteiger partial charge in [0.2, 0.25) is 11.8 Å². The Kier molecular flexibility index (Phi) is 4.43. The molecule has 1 aromatic carbocycles. The number of nitrogens with zero attached hydrogens (tertiary/aromatic N) is 1. The third kappa shape index (κ3) is 3.47. The summed E-state index contributed by atoms with van der Waals surface area (Å²) in [5.41, 5.74) is 7.75. The van der Waals surface area contributed by atoms with E-state index in [0.29, 0.717) is 13.0 Å². The van der Waals surface area contributed by atoms with Crippen molar-refractivity contribution in [2.24, 2.45) is 11.7 Å². The predicted molar refractivity (Wildman–Crippen MR) is 85.0 cm³/mol. The Hall–Kier alpha value is -1.88. The van der Waals surface area contributed by atoms with E-state index >= 15 is 0 Å². The largest absolute Gasteiger partial charge is 0.338 e. The van der Waals surface area contributed by atoms with Crippen LogP contribution in [0.2, 0.25) is 0 Å². The number of rotatable bonds is 4. The number of amides is 2. The van der Waals surface area contributed by atoms with Crippen LogP contribution in [0.1, 0.15) is 37.7 Å². The summed E-state index contributed by atoms with van der Waals surface area (Å²) in [4.78, 5) is 25.7. The van der Waals surface area contributed by atoms with Gasteiger partial charge in [-0.15, -0.1) is 0 Å². The number of nitrogens with two attached hydrogens (primary N) is 1. The van der Waals surface area contributed by atoms with Gasteiger partial charge in [-0.1, -0.05) is 12.1 Å². The summed E-state index contributed by atoms with van der Waals surface area (Å²) in [6.07, 6.45) is 4.21. The molecule has 5 nitrogen and oxygen atoms in total. The second kappa shape index (κ2) is 6.48. The minimum absolute atomic E-state index is 0.0388. The van der Waals surface area contributed by atoms with Gasteiger partial charge in [-0.2, -0.15) is 0 Å². The zero-order valence-corrected chi connectivity index (χ0v) is 12.8. The van der Waals surface area contributed by atoms with E-state index in [2.05, 4.69) is 5.32 Å². The van der Waals surface area contributed by atoms with Crippen molar-refractivity contribution in [3.8, 4) is 0 Å². The molecule has 0 bridgehead atoms. The summed E-state index contributed by atoms with van der Waals surface area (Å²) in [5, 5.41) is 2.96. The van der Waals surface area contributed by atoms with E-state index in [1.165, 1.54) is 0 Å². The molecule has 1 aliphatic heterocycles. The molecule has 2 unspecified atom stereocenters. The van der Waals surface area contributed by atoms with Crippen LogP contribution in [0, 0.1) is 5.92 Å². The molecule has 0 spiro atoms. The van der Waals surface area contributed by atoms with Crippen molar-refractivity contribution in [1.29, 1.82) is 0 Å². The number of carbonyl (C=O) groups is 2. The van der Waals surface area contributed by atoms with Gasteiger partial charge in [0.1, 0.15) is 0 Å². The molecular formula is C17H23N3O2. The fraction of sp³-hybridized carbons (Fsp3) is 0.529. The maximum Gasteiger partial charge on any atom is 0.227 e. The van der Waals surface area contributed by atoms with E-state index in [1.807, 2.05) is 29.2 Å². The maximum absolute atomic E-state index is 12.1. The lowest BCUT2D eigenvalue weighted by molar-refractivity contribution is -0.128. The summed E-state index contributed by atoms with van der Waals surface area (Å²) < 4.78 is 0.